The molecule has 0 aromatic rings. The first-order valence-electron chi connectivity index (χ1n) is 4.17. The van der Waals surface area contributed by atoms with Crippen LogP contribution in [0.15, 0.2) is 0 Å². The number of fused-ring (bicyclic) bond motifs is 1. The minimum atomic E-state index is -0.628. The first kappa shape index (κ1) is 7.85. The molecule has 4 heteroatoms. The molecule has 66 valence electrons. The Balaban J connectivity index is 2.09. The summed E-state index contributed by atoms with van der Waals surface area (Å²) in [4.78, 5) is 10.8. The lowest BCUT2D eigenvalue weighted by molar-refractivity contribution is -0.142. The van der Waals surface area contributed by atoms with Crippen molar-refractivity contribution in [3.05, 3.63) is 0 Å². The molecular weight excluding hydrogens is 290 g/mol. The van der Waals surface area contributed by atoms with Gasteiger partial charge >= 0.3 is 5.97 Å². The largest absolute Gasteiger partial charge is 0.460 e. The van der Waals surface area contributed by atoms with Crippen LogP contribution < -0.4 is 0 Å². The number of carbonyl (C=O) groups is 1. The number of halogens is 2. The van der Waals surface area contributed by atoms with Crippen molar-refractivity contribution in [3.8, 4) is 0 Å². The van der Waals surface area contributed by atoms with Crippen LogP contribution in [-0.4, -0.2) is 20.9 Å². The molecule has 0 radical (unpaired) electrons. The highest BCUT2D eigenvalue weighted by Gasteiger charge is 2.69. The molecule has 0 amide bonds. The number of esters is 1. The molecule has 0 spiro atoms. The second-order valence-electron chi connectivity index (χ2n) is 3.98. The first-order chi connectivity index (χ1) is 5.63. The van der Waals surface area contributed by atoms with Gasteiger partial charge in [0, 0.05) is 5.92 Å². The van der Waals surface area contributed by atoms with Gasteiger partial charge in [-0.2, -0.15) is 0 Å². The van der Waals surface area contributed by atoms with Crippen LogP contribution in [0.25, 0.3) is 0 Å². The molecule has 0 aromatic heterocycles. The molecule has 2 nitrogen and oxygen atoms in total. The van der Waals surface area contributed by atoms with Crippen LogP contribution in [0.5, 0.6) is 0 Å². The molecule has 3 aliphatic rings. The summed E-state index contributed by atoms with van der Waals surface area (Å²) in [6.45, 7) is 0. The summed E-state index contributed by atoms with van der Waals surface area (Å²) in [5.41, 5.74) is 0. The third kappa shape index (κ3) is 0.672. The van der Waals surface area contributed by atoms with E-state index in [2.05, 4.69) is 22.6 Å². The Morgan fingerprint density at radius 3 is 3.00 bits per heavy atom. The van der Waals surface area contributed by atoms with E-state index in [1.54, 1.807) is 0 Å². The molecule has 2 bridgehead atoms. The molecule has 1 saturated heterocycles. The van der Waals surface area contributed by atoms with Gasteiger partial charge in [-0.3, -0.25) is 4.79 Å². The lowest BCUT2D eigenvalue weighted by atomic mass is 9.89. The Kier molecular flexibility index (Phi) is 1.38. The van der Waals surface area contributed by atoms with Gasteiger partial charge in [0.25, 0.3) is 0 Å². The summed E-state index contributed by atoms with van der Waals surface area (Å²) >= 11 is 8.63. The van der Waals surface area contributed by atoms with E-state index in [1.807, 2.05) is 0 Å². The Morgan fingerprint density at radius 1 is 1.67 bits per heavy atom. The van der Waals surface area contributed by atoms with Gasteiger partial charge in [-0.1, -0.05) is 22.6 Å². The maximum Gasteiger partial charge on any atom is 0.327 e. The molecule has 2 aliphatic carbocycles. The van der Waals surface area contributed by atoms with Gasteiger partial charge in [-0.15, -0.1) is 11.6 Å². The van der Waals surface area contributed by atoms with Gasteiger partial charge in [0.2, 0.25) is 0 Å². The number of hydrogen-bond donors (Lipinski definition) is 0. The predicted molar refractivity (Wildman–Crippen MR) is 52.5 cm³/mol. The second kappa shape index (κ2) is 2.11. The van der Waals surface area contributed by atoms with E-state index in [4.69, 9.17) is 16.3 Å². The zero-order valence-electron chi connectivity index (χ0n) is 6.30. The topological polar surface area (TPSA) is 26.3 Å². The quantitative estimate of drug-likeness (QED) is 0.387. The van der Waals surface area contributed by atoms with Crippen molar-refractivity contribution in [2.45, 2.75) is 27.7 Å². The van der Waals surface area contributed by atoms with Crippen LogP contribution in [0.1, 0.15) is 12.8 Å². The number of hydrogen-bond acceptors (Lipinski definition) is 2. The van der Waals surface area contributed by atoms with Gasteiger partial charge in [0.15, 0.2) is 0 Å². The Bertz CT molecular complexity index is 270. The number of carbonyl (C=O) groups excluding carboxylic acids is 1. The normalized spacial score (nSPS) is 61.0. The maximum absolute atomic E-state index is 11.4. The third-order valence-corrected chi connectivity index (χ3v) is 5.76. The average Bonchev–Trinajstić information content (AvgIpc) is 2.53. The highest BCUT2D eigenvalue weighted by molar-refractivity contribution is 14.1. The lowest BCUT2D eigenvalue weighted by Gasteiger charge is -2.24. The van der Waals surface area contributed by atoms with Crippen molar-refractivity contribution >= 4 is 40.2 Å². The number of alkyl halides is 2. The van der Waals surface area contributed by atoms with Gasteiger partial charge < -0.3 is 4.74 Å². The minimum absolute atomic E-state index is 0.120. The summed E-state index contributed by atoms with van der Waals surface area (Å²) in [5.74, 6) is 0.754. The van der Waals surface area contributed by atoms with Crippen molar-refractivity contribution in [1.82, 2.24) is 0 Å². The fraction of sp³-hybridized carbons (Fsp3) is 0.875. The second-order valence-corrected chi connectivity index (χ2v) is 6.10. The summed E-state index contributed by atoms with van der Waals surface area (Å²) in [6, 6.07) is 0. The van der Waals surface area contributed by atoms with Crippen molar-refractivity contribution in [3.63, 3.8) is 0 Å². The molecule has 0 N–H and O–H groups in total. The summed E-state index contributed by atoms with van der Waals surface area (Å²) < 4.78 is 5.78. The van der Waals surface area contributed by atoms with Crippen LogP contribution in [0.3, 0.4) is 0 Å². The fourth-order valence-corrected chi connectivity index (χ4v) is 4.51. The smallest absolute Gasteiger partial charge is 0.327 e. The molecule has 5 atom stereocenters. The molecule has 0 unspecified atom stereocenters. The molecule has 1 heterocycles. The molecule has 1 aliphatic heterocycles. The van der Waals surface area contributed by atoms with E-state index in [-0.39, 0.29) is 12.1 Å². The molecule has 0 aromatic carbocycles. The molecule has 3 rings (SSSR count). The number of ether oxygens (including phenoxy) is 1. The highest BCUT2D eigenvalue weighted by Crippen LogP contribution is 2.61. The fourth-order valence-electron chi connectivity index (χ4n) is 2.86. The van der Waals surface area contributed by atoms with Crippen LogP contribution in [0.4, 0.5) is 0 Å². The third-order valence-electron chi connectivity index (χ3n) is 3.45. The SMILES string of the molecule is O=C1O[C@H]2[C@H](I)[C@@H]3C[C@H]2[C@@]1(Cl)C3. The summed E-state index contributed by atoms with van der Waals surface area (Å²) in [6.07, 6.45) is 2.05. The van der Waals surface area contributed by atoms with E-state index in [0.717, 1.165) is 12.8 Å². The summed E-state index contributed by atoms with van der Waals surface area (Å²) in [7, 11) is 0. The van der Waals surface area contributed by atoms with E-state index in [9.17, 15) is 4.79 Å². The summed E-state index contributed by atoms with van der Waals surface area (Å²) in [5, 5.41) is 0. The highest BCUT2D eigenvalue weighted by atomic mass is 127. The molecular formula is C8H8ClIO2. The Morgan fingerprint density at radius 2 is 2.42 bits per heavy atom. The molecule has 12 heavy (non-hydrogen) atoms. The van der Waals surface area contributed by atoms with E-state index >= 15 is 0 Å². The monoisotopic (exact) mass is 298 g/mol. The van der Waals surface area contributed by atoms with Gasteiger partial charge in [-0.25, -0.2) is 0 Å². The maximum atomic E-state index is 11.4. The zero-order valence-corrected chi connectivity index (χ0v) is 9.21. The van der Waals surface area contributed by atoms with E-state index < -0.39 is 4.87 Å². The van der Waals surface area contributed by atoms with Gasteiger partial charge in [0.1, 0.15) is 11.0 Å². The zero-order chi connectivity index (χ0) is 8.51. The van der Waals surface area contributed by atoms with Gasteiger partial charge in [-0.05, 0) is 18.8 Å². The lowest BCUT2D eigenvalue weighted by Crippen LogP contribution is -2.36. The number of rotatable bonds is 0. The Labute approximate surface area is 89.1 Å². The predicted octanol–water partition coefficient (Wildman–Crippen LogP) is 1.73. The van der Waals surface area contributed by atoms with Gasteiger partial charge in [0.05, 0.1) is 3.92 Å². The van der Waals surface area contributed by atoms with E-state index in [0.29, 0.717) is 15.8 Å². The van der Waals surface area contributed by atoms with Crippen molar-refractivity contribution in [1.29, 1.82) is 0 Å². The van der Waals surface area contributed by atoms with Crippen LogP contribution in [0.2, 0.25) is 0 Å². The first-order valence-corrected chi connectivity index (χ1v) is 5.79. The molecule has 2 saturated carbocycles. The van der Waals surface area contributed by atoms with E-state index in [1.165, 1.54) is 0 Å². The standard InChI is InChI=1S/C8H8ClIO2/c9-8-2-3-1-4(8)6(5(3)10)12-7(8)11/h3-6H,1-2H2/t3-,4-,5-,6-,8+/m1/s1. The van der Waals surface area contributed by atoms with Crippen molar-refractivity contribution in [2.24, 2.45) is 11.8 Å². The molecule has 3 fully saturated rings. The van der Waals surface area contributed by atoms with Crippen LogP contribution in [-0.2, 0) is 9.53 Å². The van der Waals surface area contributed by atoms with Crippen molar-refractivity contribution < 1.29 is 9.53 Å². The van der Waals surface area contributed by atoms with Crippen LogP contribution >= 0.6 is 34.2 Å². The van der Waals surface area contributed by atoms with Crippen molar-refractivity contribution in [2.75, 3.05) is 0 Å². The van der Waals surface area contributed by atoms with Crippen LogP contribution in [0, 0.1) is 11.8 Å². The average molecular weight is 299 g/mol. The minimum Gasteiger partial charge on any atom is -0.460 e. The Hall–Kier alpha value is 0.490.